The highest BCUT2D eigenvalue weighted by Crippen LogP contribution is 2.41. The number of nitrogens with one attached hydrogen (secondary N) is 1. The smallest absolute Gasteiger partial charge is 0.291 e. The molecule has 1 atom stereocenters. The first kappa shape index (κ1) is 19.4. The van der Waals surface area contributed by atoms with Gasteiger partial charge >= 0.3 is 0 Å². The minimum absolute atomic E-state index is 0.183. The molecule has 1 aliphatic heterocycles. The van der Waals surface area contributed by atoms with E-state index in [0.717, 1.165) is 30.4 Å². The van der Waals surface area contributed by atoms with Crippen LogP contribution in [0.1, 0.15) is 59.3 Å². The normalized spacial score (nSPS) is 16.9. The summed E-state index contributed by atoms with van der Waals surface area (Å²) >= 11 is 3.41. The van der Waals surface area contributed by atoms with Gasteiger partial charge in [0.1, 0.15) is 5.00 Å². The van der Waals surface area contributed by atoms with Gasteiger partial charge in [0.25, 0.3) is 5.91 Å². The number of amides is 1. The van der Waals surface area contributed by atoms with Gasteiger partial charge in [0.15, 0.2) is 5.76 Å². The average molecular weight is 415 g/mol. The molecule has 3 aromatic heterocycles. The van der Waals surface area contributed by atoms with Gasteiger partial charge in [-0.15, -0.1) is 11.3 Å². The number of anilines is 1. The molecule has 0 aliphatic carbocycles. The first-order valence-corrected chi connectivity index (χ1v) is 11.6. The molecule has 1 N–H and O–H groups in total. The van der Waals surface area contributed by atoms with Crippen molar-refractivity contribution in [1.82, 2.24) is 4.90 Å². The van der Waals surface area contributed by atoms with Crippen LogP contribution in [0.4, 0.5) is 5.00 Å². The zero-order chi connectivity index (χ0) is 19.5. The molecule has 28 heavy (non-hydrogen) atoms. The van der Waals surface area contributed by atoms with E-state index in [4.69, 9.17) is 4.42 Å². The molecule has 0 aromatic carbocycles. The van der Waals surface area contributed by atoms with E-state index in [9.17, 15) is 4.79 Å². The predicted molar refractivity (Wildman–Crippen MR) is 116 cm³/mol. The highest BCUT2D eigenvalue weighted by Gasteiger charge is 2.30. The van der Waals surface area contributed by atoms with Gasteiger partial charge < -0.3 is 9.73 Å². The first-order valence-electron chi connectivity index (χ1n) is 9.89. The van der Waals surface area contributed by atoms with Gasteiger partial charge in [-0.2, -0.15) is 11.3 Å². The molecule has 4 heterocycles. The molecule has 3 aromatic rings. The molecule has 0 bridgehead atoms. The lowest BCUT2D eigenvalue weighted by molar-refractivity contribution is 0.0996. The summed E-state index contributed by atoms with van der Waals surface area (Å²) in [5, 5.41) is 8.44. The minimum atomic E-state index is -0.188. The molecular weight excluding hydrogens is 388 g/mol. The summed E-state index contributed by atoms with van der Waals surface area (Å²) in [6, 6.07) is 8.12. The van der Waals surface area contributed by atoms with Gasteiger partial charge in [0, 0.05) is 10.4 Å². The van der Waals surface area contributed by atoms with Gasteiger partial charge in [-0.25, -0.2) is 0 Å². The fourth-order valence-corrected chi connectivity index (χ4v) is 5.51. The summed E-state index contributed by atoms with van der Waals surface area (Å²) in [6.45, 7) is 6.68. The van der Waals surface area contributed by atoms with Crippen LogP contribution in [0.2, 0.25) is 0 Å². The van der Waals surface area contributed by atoms with Crippen LogP contribution < -0.4 is 5.32 Å². The van der Waals surface area contributed by atoms with Crippen molar-refractivity contribution in [2.24, 2.45) is 5.92 Å². The van der Waals surface area contributed by atoms with Gasteiger partial charge in [0.05, 0.1) is 12.3 Å². The maximum absolute atomic E-state index is 12.6. The lowest BCUT2D eigenvalue weighted by Gasteiger charge is -2.37. The topological polar surface area (TPSA) is 45.5 Å². The number of hydrogen-bond donors (Lipinski definition) is 1. The summed E-state index contributed by atoms with van der Waals surface area (Å²) in [5.74, 6) is 0.939. The molecule has 0 unspecified atom stereocenters. The number of nitrogens with zero attached hydrogens (tertiary/aromatic N) is 1. The van der Waals surface area contributed by atoms with Crippen LogP contribution in [0.25, 0.3) is 0 Å². The van der Waals surface area contributed by atoms with Crippen LogP contribution >= 0.6 is 22.7 Å². The quantitative estimate of drug-likeness (QED) is 0.535. The van der Waals surface area contributed by atoms with E-state index in [1.807, 2.05) is 0 Å². The molecule has 0 radical (unpaired) electrons. The third kappa shape index (κ3) is 4.09. The summed E-state index contributed by atoms with van der Waals surface area (Å²) < 4.78 is 5.29. The Morgan fingerprint density at radius 1 is 1.36 bits per heavy atom. The van der Waals surface area contributed by atoms with E-state index in [1.54, 1.807) is 34.8 Å². The molecule has 1 amide bonds. The lowest BCUT2D eigenvalue weighted by Crippen LogP contribution is -2.36. The van der Waals surface area contributed by atoms with Gasteiger partial charge in [-0.05, 0) is 78.9 Å². The number of carbonyl (C=O) groups excluding carboxylic acids is 1. The monoisotopic (exact) mass is 414 g/mol. The van der Waals surface area contributed by atoms with Crippen molar-refractivity contribution in [1.29, 1.82) is 0 Å². The van der Waals surface area contributed by atoms with E-state index in [0.29, 0.717) is 5.76 Å². The Bertz CT molecular complexity index is 891. The number of piperidine rings is 1. The number of rotatable bonds is 6. The second kappa shape index (κ2) is 8.64. The van der Waals surface area contributed by atoms with Crippen LogP contribution in [0.5, 0.6) is 0 Å². The molecule has 0 spiro atoms. The van der Waals surface area contributed by atoms with Crippen molar-refractivity contribution in [3.05, 3.63) is 63.1 Å². The molecular formula is C22H26N2O2S2. The van der Waals surface area contributed by atoms with Crippen molar-refractivity contribution >= 4 is 33.6 Å². The summed E-state index contributed by atoms with van der Waals surface area (Å²) in [5.41, 5.74) is 2.52. The third-order valence-corrected chi connectivity index (χ3v) is 7.38. The Kier molecular flexibility index (Phi) is 5.99. The SMILES string of the molecule is CCc1cc([C@@H](c2ccsc2)N2CCC(C)CC2)c(NC(=O)c2ccco2)s1. The highest BCUT2D eigenvalue weighted by molar-refractivity contribution is 7.16. The van der Waals surface area contributed by atoms with E-state index in [1.165, 1.54) is 35.1 Å². The minimum Gasteiger partial charge on any atom is -0.459 e. The number of hydrogen-bond acceptors (Lipinski definition) is 5. The largest absolute Gasteiger partial charge is 0.459 e. The molecule has 0 saturated carbocycles. The fraction of sp³-hybridized carbons (Fsp3) is 0.409. The Hall–Kier alpha value is -1.89. The van der Waals surface area contributed by atoms with Crippen molar-refractivity contribution in [2.75, 3.05) is 18.4 Å². The average Bonchev–Trinajstić information content (AvgIpc) is 3.46. The van der Waals surface area contributed by atoms with Gasteiger partial charge in [-0.1, -0.05) is 13.8 Å². The first-order chi connectivity index (χ1) is 13.7. The Balaban J connectivity index is 1.69. The molecule has 6 heteroatoms. The predicted octanol–water partition coefficient (Wildman–Crippen LogP) is 6.04. The van der Waals surface area contributed by atoms with Crippen molar-refractivity contribution < 1.29 is 9.21 Å². The Morgan fingerprint density at radius 3 is 2.82 bits per heavy atom. The highest BCUT2D eigenvalue weighted by atomic mass is 32.1. The van der Waals surface area contributed by atoms with Crippen LogP contribution in [0, 0.1) is 5.92 Å². The van der Waals surface area contributed by atoms with Crippen LogP contribution in [0.3, 0.4) is 0 Å². The number of furan rings is 1. The summed E-state index contributed by atoms with van der Waals surface area (Å²) in [4.78, 5) is 16.5. The zero-order valence-electron chi connectivity index (χ0n) is 16.3. The van der Waals surface area contributed by atoms with E-state index < -0.39 is 0 Å². The molecule has 4 rings (SSSR count). The molecule has 1 aliphatic rings. The molecule has 4 nitrogen and oxygen atoms in total. The summed E-state index contributed by atoms with van der Waals surface area (Å²) in [6.07, 6.45) is 4.94. The number of carbonyl (C=O) groups is 1. The standard InChI is InChI=1S/C22H26N2O2S2/c1-3-17-13-18(22(28-17)23-21(25)19-5-4-11-26-19)20(16-8-12-27-14-16)24-9-6-15(2)7-10-24/h4-5,8,11-15,20H,3,6-7,9-10H2,1-2H3,(H,23,25)/t20-/m1/s1. The van der Waals surface area contributed by atoms with Crippen molar-refractivity contribution in [3.63, 3.8) is 0 Å². The fourth-order valence-electron chi connectivity index (χ4n) is 3.81. The molecule has 1 saturated heterocycles. The maximum atomic E-state index is 12.6. The second-order valence-electron chi connectivity index (χ2n) is 7.46. The maximum Gasteiger partial charge on any atom is 0.291 e. The number of aryl methyl sites for hydroxylation is 1. The zero-order valence-corrected chi connectivity index (χ0v) is 17.9. The molecule has 148 valence electrons. The van der Waals surface area contributed by atoms with E-state index in [2.05, 4.69) is 47.0 Å². The van der Waals surface area contributed by atoms with Crippen LogP contribution in [-0.2, 0) is 6.42 Å². The van der Waals surface area contributed by atoms with E-state index >= 15 is 0 Å². The van der Waals surface area contributed by atoms with Crippen molar-refractivity contribution in [2.45, 2.75) is 39.2 Å². The van der Waals surface area contributed by atoms with E-state index in [-0.39, 0.29) is 11.9 Å². The van der Waals surface area contributed by atoms with Crippen molar-refractivity contribution in [3.8, 4) is 0 Å². The number of likely N-dealkylation sites (tertiary alicyclic amines) is 1. The Morgan fingerprint density at radius 2 is 2.18 bits per heavy atom. The second-order valence-corrected chi connectivity index (χ2v) is 9.38. The third-order valence-electron chi connectivity index (χ3n) is 5.47. The summed E-state index contributed by atoms with van der Waals surface area (Å²) in [7, 11) is 0. The van der Waals surface area contributed by atoms with Crippen LogP contribution in [-0.4, -0.2) is 23.9 Å². The number of thiophene rings is 2. The van der Waals surface area contributed by atoms with Gasteiger partial charge in [0.2, 0.25) is 0 Å². The Labute approximate surface area is 174 Å². The van der Waals surface area contributed by atoms with Gasteiger partial charge in [-0.3, -0.25) is 9.69 Å². The van der Waals surface area contributed by atoms with Crippen LogP contribution in [0.15, 0.2) is 45.7 Å². The lowest BCUT2D eigenvalue weighted by atomic mass is 9.94. The molecule has 1 fully saturated rings.